The van der Waals surface area contributed by atoms with Crippen LogP contribution >= 0.6 is 0 Å². The number of rotatable bonds is 7. The number of benzene rings is 9. The number of nitrogens with zero attached hydrogens (tertiary/aromatic N) is 4. The van der Waals surface area contributed by atoms with E-state index >= 15 is 0 Å². The molecule has 2 heterocycles. The standard InChI is InChI=1S/C54H34N4O/c1-3-13-39(14-4-1)51-52(40-25-19-37(20-26-40)38-21-27-42(28-22-38)54-58-57-53(59-54)41-15-5-2-6-16-41)56-50-34-48(46-30-24-36-12-8-10-18-44(36)32-46)47(33-49(50)55-51)45-29-23-35-11-7-9-17-43(35)31-45/h1-34H. The Labute approximate surface area is 341 Å². The van der Waals surface area contributed by atoms with Crippen molar-refractivity contribution in [2.45, 2.75) is 0 Å². The summed E-state index contributed by atoms with van der Waals surface area (Å²) in [6, 6.07) is 71.8. The Balaban J connectivity index is 1.01. The minimum absolute atomic E-state index is 0.488. The van der Waals surface area contributed by atoms with Crippen LogP contribution in [-0.2, 0) is 0 Å². The Morgan fingerprint density at radius 1 is 0.271 bits per heavy atom. The molecule has 0 aliphatic carbocycles. The maximum atomic E-state index is 6.00. The average Bonchev–Trinajstić information content (AvgIpc) is 3.82. The zero-order chi connectivity index (χ0) is 39.1. The van der Waals surface area contributed by atoms with Gasteiger partial charge in [0.2, 0.25) is 11.8 Å². The molecular weight excluding hydrogens is 721 g/mol. The second-order valence-electron chi connectivity index (χ2n) is 14.7. The molecule has 276 valence electrons. The summed E-state index contributed by atoms with van der Waals surface area (Å²) in [6.07, 6.45) is 0. The summed E-state index contributed by atoms with van der Waals surface area (Å²) in [5, 5.41) is 13.4. The van der Waals surface area contributed by atoms with Crippen LogP contribution in [0, 0.1) is 0 Å². The first kappa shape index (κ1) is 34.2. The average molecular weight is 755 g/mol. The molecule has 11 aromatic rings. The topological polar surface area (TPSA) is 64.7 Å². The third-order valence-electron chi connectivity index (χ3n) is 11.0. The Morgan fingerprint density at radius 3 is 1.12 bits per heavy atom. The summed E-state index contributed by atoms with van der Waals surface area (Å²) in [5.74, 6) is 0.990. The quantitative estimate of drug-likeness (QED) is 0.162. The van der Waals surface area contributed by atoms with Crippen molar-refractivity contribution in [3.8, 4) is 78.8 Å². The molecule has 2 aromatic heterocycles. The van der Waals surface area contributed by atoms with Gasteiger partial charge < -0.3 is 4.42 Å². The van der Waals surface area contributed by atoms with E-state index < -0.39 is 0 Å². The number of hydrogen-bond donors (Lipinski definition) is 0. The lowest BCUT2D eigenvalue weighted by molar-refractivity contribution is 0.584. The van der Waals surface area contributed by atoms with E-state index in [2.05, 4.69) is 168 Å². The van der Waals surface area contributed by atoms with E-state index in [4.69, 9.17) is 14.4 Å². The summed E-state index contributed by atoms with van der Waals surface area (Å²) in [7, 11) is 0. The normalized spacial score (nSPS) is 11.4. The first-order chi connectivity index (χ1) is 29.2. The summed E-state index contributed by atoms with van der Waals surface area (Å²) >= 11 is 0. The highest BCUT2D eigenvalue weighted by atomic mass is 16.4. The highest BCUT2D eigenvalue weighted by Crippen LogP contribution is 2.40. The molecule has 9 aromatic carbocycles. The van der Waals surface area contributed by atoms with Crippen LogP contribution in [-0.4, -0.2) is 20.2 Å². The first-order valence-electron chi connectivity index (χ1n) is 19.7. The van der Waals surface area contributed by atoms with E-state index in [-0.39, 0.29) is 0 Å². The highest BCUT2D eigenvalue weighted by Gasteiger charge is 2.18. The van der Waals surface area contributed by atoms with Gasteiger partial charge in [0.15, 0.2) is 0 Å². The predicted molar refractivity (Wildman–Crippen MR) is 240 cm³/mol. The Hall–Kier alpha value is -8.02. The van der Waals surface area contributed by atoms with Crippen molar-refractivity contribution in [3.05, 3.63) is 206 Å². The molecule has 0 saturated carbocycles. The number of fused-ring (bicyclic) bond motifs is 3. The number of aromatic nitrogens is 4. The van der Waals surface area contributed by atoms with Crippen LogP contribution in [0.5, 0.6) is 0 Å². The molecule has 0 saturated heterocycles. The molecular formula is C54H34N4O. The molecule has 5 heteroatoms. The van der Waals surface area contributed by atoms with Gasteiger partial charge in [-0.1, -0.05) is 158 Å². The van der Waals surface area contributed by atoms with Gasteiger partial charge >= 0.3 is 0 Å². The maximum Gasteiger partial charge on any atom is 0.248 e. The smallest absolute Gasteiger partial charge is 0.248 e. The Bertz CT molecular complexity index is 3300. The highest BCUT2D eigenvalue weighted by molar-refractivity contribution is 5.99. The molecule has 0 fully saturated rings. The lowest BCUT2D eigenvalue weighted by Crippen LogP contribution is -1.97. The van der Waals surface area contributed by atoms with Crippen molar-refractivity contribution in [2.24, 2.45) is 0 Å². The monoisotopic (exact) mass is 754 g/mol. The van der Waals surface area contributed by atoms with E-state index in [9.17, 15) is 0 Å². The molecule has 0 aliphatic rings. The first-order valence-corrected chi connectivity index (χ1v) is 19.7. The summed E-state index contributed by atoms with van der Waals surface area (Å²) in [4.78, 5) is 10.9. The maximum absolute atomic E-state index is 6.00. The molecule has 5 nitrogen and oxygen atoms in total. The Kier molecular flexibility index (Phi) is 8.41. The zero-order valence-electron chi connectivity index (χ0n) is 31.8. The van der Waals surface area contributed by atoms with E-state index in [0.29, 0.717) is 11.8 Å². The lowest BCUT2D eigenvalue weighted by atomic mass is 9.91. The minimum Gasteiger partial charge on any atom is -0.416 e. The van der Waals surface area contributed by atoms with Gasteiger partial charge in [0.1, 0.15) is 0 Å². The molecule has 0 unspecified atom stereocenters. The van der Waals surface area contributed by atoms with E-state index in [0.717, 1.165) is 78.1 Å². The third kappa shape index (κ3) is 6.51. The molecule has 0 aliphatic heterocycles. The minimum atomic E-state index is 0.488. The lowest BCUT2D eigenvalue weighted by Gasteiger charge is -2.16. The molecule has 0 amide bonds. The van der Waals surface area contributed by atoms with Crippen LogP contribution in [0.25, 0.3) is 111 Å². The van der Waals surface area contributed by atoms with Crippen LogP contribution in [0.3, 0.4) is 0 Å². The van der Waals surface area contributed by atoms with Crippen molar-refractivity contribution in [2.75, 3.05) is 0 Å². The van der Waals surface area contributed by atoms with Gasteiger partial charge in [-0.2, -0.15) is 0 Å². The number of hydrogen-bond acceptors (Lipinski definition) is 5. The van der Waals surface area contributed by atoms with E-state index in [1.54, 1.807) is 0 Å². The van der Waals surface area contributed by atoms with Crippen molar-refractivity contribution >= 4 is 32.6 Å². The predicted octanol–water partition coefficient (Wildman–Crippen LogP) is 14.0. The second kappa shape index (κ2) is 14.5. The van der Waals surface area contributed by atoms with Gasteiger partial charge in [0, 0.05) is 22.3 Å². The zero-order valence-corrected chi connectivity index (χ0v) is 31.8. The van der Waals surface area contributed by atoms with E-state index in [1.165, 1.54) is 21.5 Å². The summed E-state index contributed by atoms with van der Waals surface area (Å²) < 4.78 is 6.00. The van der Waals surface area contributed by atoms with Crippen molar-refractivity contribution < 1.29 is 4.42 Å². The third-order valence-corrected chi connectivity index (χ3v) is 11.0. The molecule has 0 N–H and O–H groups in total. The molecule has 59 heavy (non-hydrogen) atoms. The largest absolute Gasteiger partial charge is 0.416 e. The SMILES string of the molecule is c1ccc(-c2nnc(-c3ccc(-c4ccc(-c5nc6cc(-c7ccc8ccccc8c7)c(-c7ccc8ccccc8c7)cc6nc5-c5ccccc5)cc4)cc3)o2)cc1. The molecule has 0 bridgehead atoms. The van der Waals surface area contributed by atoms with Crippen molar-refractivity contribution in [3.63, 3.8) is 0 Å². The van der Waals surface area contributed by atoms with Crippen molar-refractivity contribution in [1.82, 2.24) is 20.2 Å². The van der Waals surface area contributed by atoms with E-state index in [1.807, 2.05) is 48.5 Å². The van der Waals surface area contributed by atoms with Crippen molar-refractivity contribution in [1.29, 1.82) is 0 Å². The fraction of sp³-hybridized carbons (Fsp3) is 0. The fourth-order valence-electron chi connectivity index (χ4n) is 7.96. The van der Waals surface area contributed by atoms with Crippen LogP contribution in [0.2, 0.25) is 0 Å². The Morgan fingerprint density at radius 2 is 0.627 bits per heavy atom. The molecule has 0 spiro atoms. The van der Waals surface area contributed by atoms with Gasteiger partial charge in [-0.3, -0.25) is 0 Å². The molecule has 0 radical (unpaired) electrons. The van der Waals surface area contributed by atoms with Gasteiger partial charge in [-0.05, 0) is 103 Å². The van der Waals surface area contributed by atoms with Gasteiger partial charge in [0.25, 0.3) is 0 Å². The fourth-order valence-corrected chi connectivity index (χ4v) is 7.96. The summed E-state index contributed by atoms with van der Waals surface area (Å²) in [6.45, 7) is 0. The molecule has 11 rings (SSSR count). The van der Waals surface area contributed by atoms with Gasteiger partial charge in [-0.15, -0.1) is 10.2 Å². The van der Waals surface area contributed by atoms with Crippen LogP contribution in [0.4, 0.5) is 0 Å². The van der Waals surface area contributed by atoms with Crippen LogP contribution in [0.15, 0.2) is 211 Å². The summed E-state index contributed by atoms with van der Waals surface area (Å²) in [5.41, 5.74) is 13.8. The van der Waals surface area contributed by atoms with Crippen LogP contribution < -0.4 is 0 Å². The van der Waals surface area contributed by atoms with Gasteiger partial charge in [-0.25, -0.2) is 9.97 Å². The molecule has 0 atom stereocenters. The van der Waals surface area contributed by atoms with Gasteiger partial charge in [0.05, 0.1) is 22.4 Å². The second-order valence-corrected chi connectivity index (χ2v) is 14.7. The van der Waals surface area contributed by atoms with Crippen LogP contribution in [0.1, 0.15) is 0 Å².